The Morgan fingerprint density at radius 1 is 1.05 bits per heavy atom. The van der Waals surface area contributed by atoms with Gasteiger partial charge in [0.2, 0.25) is 6.79 Å². The minimum Gasteiger partial charge on any atom is -0.504 e. The number of H-pyrrole nitrogens is 1. The van der Waals surface area contributed by atoms with Gasteiger partial charge in [0, 0.05) is 57.4 Å². The predicted molar refractivity (Wildman–Crippen MR) is 205 cm³/mol. The number of fused-ring (bicyclic) bond motifs is 11. The highest BCUT2D eigenvalue weighted by Crippen LogP contribution is 2.63. The highest BCUT2D eigenvalue weighted by molar-refractivity contribution is 7.85. The summed E-state index contributed by atoms with van der Waals surface area (Å²) < 4.78 is 52.0. The van der Waals surface area contributed by atoms with E-state index >= 15 is 4.21 Å². The maximum Gasteiger partial charge on any atom is 0.333 e. The number of benzene rings is 3. The van der Waals surface area contributed by atoms with Crippen molar-refractivity contribution < 1.29 is 52.4 Å². The number of carbonyl (C=O) groups excluding carboxylic acids is 2. The molecule has 15 nitrogen and oxygen atoms in total. The van der Waals surface area contributed by atoms with Gasteiger partial charge in [-0.15, -0.1) is 0 Å². The van der Waals surface area contributed by atoms with Crippen molar-refractivity contribution in [2.75, 3.05) is 47.0 Å². The van der Waals surface area contributed by atoms with E-state index in [0.717, 1.165) is 27.6 Å². The van der Waals surface area contributed by atoms with Crippen molar-refractivity contribution in [3.63, 3.8) is 0 Å². The normalized spacial score (nSPS) is 29.9. The van der Waals surface area contributed by atoms with E-state index in [1.54, 1.807) is 14.0 Å². The zero-order valence-electron chi connectivity index (χ0n) is 32.4. The summed E-state index contributed by atoms with van der Waals surface area (Å²) in [6, 6.07) is 4.81. The van der Waals surface area contributed by atoms with Crippen LogP contribution in [0.2, 0.25) is 0 Å². The third-order valence-electron chi connectivity index (χ3n) is 13.1. The summed E-state index contributed by atoms with van der Waals surface area (Å²) in [4.78, 5) is 35.3. The van der Waals surface area contributed by atoms with E-state index in [-0.39, 0.29) is 30.7 Å². The van der Waals surface area contributed by atoms with Crippen LogP contribution in [-0.4, -0.2) is 106 Å². The molecule has 3 aromatic carbocycles. The van der Waals surface area contributed by atoms with Gasteiger partial charge in [-0.2, -0.15) is 0 Å². The molecule has 4 bridgehead atoms. The summed E-state index contributed by atoms with van der Waals surface area (Å²) in [5, 5.41) is 28.0. The number of carbonyl (C=O) groups is 2. The second-order valence-corrected chi connectivity index (χ2v) is 17.4. The number of aliphatic hydroxyl groups is 1. The van der Waals surface area contributed by atoms with Crippen LogP contribution >= 0.6 is 0 Å². The number of nitrogens with zero attached hydrogens (tertiary/aromatic N) is 2. The standard InChI is InChI=1S/C41H44N4O11S/c1-17-11-20-12-25-39(48)45-26-14-53-40(49)41(38-22(9-10-42-41)23-13-21(51-5)7-8-24(23)43-38)15-57(50)37(31(45)30(44(25)4)27(20)32(47)33(17)52-6)29-28(26)36-35(54-16-55-36)18(2)34(29)56-19(3)46/h7-8,11,13,25-26,30-31,37,39,42-43,47-48H,9-10,12,14-16H2,1-6H3/t25-,26-,30+,31+,37+,39-,41+,57-/m0/s1. The van der Waals surface area contributed by atoms with Crippen molar-refractivity contribution in [2.24, 2.45) is 0 Å². The van der Waals surface area contributed by atoms with Crippen LogP contribution in [0.25, 0.3) is 10.9 Å². The Morgan fingerprint density at radius 2 is 1.84 bits per heavy atom. The van der Waals surface area contributed by atoms with Crippen LogP contribution in [0.1, 0.15) is 68.9 Å². The maximum atomic E-state index is 16.1. The molecule has 0 unspecified atom stereocenters. The van der Waals surface area contributed by atoms with Gasteiger partial charge in [-0.25, -0.2) is 4.79 Å². The lowest BCUT2D eigenvalue weighted by molar-refractivity contribution is -0.186. The van der Waals surface area contributed by atoms with E-state index < -0.39 is 63.9 Å². The van der Waals surface area contributed by atoms with Crippen molar-refractivity contribution in [1.82, 2.24) is 20.1 Å². The molecule has 8 heterocycles. The SMILES string of the molecule is COc1ccc2[nH]c3c(c2c1)CCN[C@]31C[S@](=O)[C@@H]2c3c(OC(C)=O)c(C)c4c(c3[C@H](COC1=O)N1[C@@H]2[C@H]2c3c(cc(C)c(OC)c3O)C[C@@H]([C@@H]1O)N2C)OCO4. The maximum absolute atomic E-state index is 16.1. The number of phenolic OH excluding ortho intramolecular Hbond substituents is 1. The molecule has 57 heavy (non-hydrogen) atoms. The molecule has 300 valence electrons. The number of rotatable bonds is 3. The van der Waals surface area contributed by atoms with Crippen LogP contribution in [0.5, 0.6) is 34.5 Å². The summed E-state index contributed by atoms with van der Waals surface area (Å²) in [7, 11) is 2.99. The van der Waals surface area contributed by atoms with Gasteiger partial charge in [0.25, 0.3) is 0 Å². The first-order chi connectivity index (χ1) is 27.4. The van der Waals surface area contributed by atoms with Crippen LogP contribution in [0.15, 0.2) is 24.3 Å². The van der Waals surface area contributed by atoms with Crippen LogP contribution in [0, 0.1) is 13.8 Å². The number of ether oxygens (including phenoxy) is 6. The molecular weight excluding hydrogens is 757 g/mol. The number of nitrogens with one attached hydrogen (secondary N) is 2. The van der Waals surface area contributed by atoms with E-state index in [9.17, 15) is 19.8 Å². The van der Waals surface area contributed by atoms with Gasteiger partial charge < -0.3 is 43.6 Å². The molecule has 0 aliphatic carbocycles. The zero-order valence-corrected chi connectivity index (χ0v) is 33.2. The number of hydrogen-bond acceptors (Lipinski definition) is 14. The number of aromatic amines is 1. The number of aromatic hydroxyl groups is 1. The molecule has 4 aromatic rings. The number of piperazine rings is 1. The van der Waals surface area contributed by atoms with Crippen molar-refractivity contribution >= 4 is 33.6 Å². The van der Waals surface area contributed by atoms with Gasteiger partial charge >= 0.3 is 11.9 Å². The van der Waals surface area contributed by atoms with E-state index in [0.29, 0.717) is 70.3 Å². The highest BCUT2D eigenvalue weighted by Gasteiger charge is 2.63. The molecule has 11 rings (SSSR count). The summed E-state index contributed by atoms with van der Waals surface area (Å²) in [5.41, 5.74) is 4.27. The molecular formula is C41H44N4O11S. The first kappa shape index (κ1) is 36.5. The summed E-state index contributed by atoms with van der Waals surface area (Å²) in [5.74, 6) is 0.396. The topological polar surface area (TPSA) is 181 Å². The quantitative estimate of drug-likeness (QED) is 0.175. The average Bonchev–Trinajstić information content (AvgIpc) is 3.83. The Kier molecular flexibility index (Phi) is 8.20. The number of hydrogen-bond donors (Lipinski definition) is 4. The molecule has 8 atom stereocenters. The van der Waals surface area contributed by atoms with Gasteiger partial charge in [-0.3, -0.25) is 24.1 Å². The van der Waals surface area contributed by atoms with Gasteiger partial charge in [-0.05, 0) is 68.6 Å². The van der Waals surface area contributed by atoms with Crippen molar-refractivity contribution in [2.45, 2.75) is 74.8 Å². The Hall–Kier alpha value is -4.87. The number of aryl methyl sites for hydroxylation is 1. The van der Waals surface area contributed by atoms with E-state index in [1.807, 2.05) is 48.0 Å². The first-order valence-electron chi connectivity index (χ1n) is 19.1. The smallest absolute Gasteiger partial charge is 0.333 e. The average molecular weight is 801 g/mol. The van der Waals surface area contributed by atoms with Crippen molar-refractivity contribution in [1.29, 1.82) is 0 Å². The van der Waals surface area contributed by atoms with E-state index in [2.05, 4.69) is 10.3 Å². The van der Waals surface area contributed by atoms with Gasteiger partial charge in [-0.1, -0.05) is 6.07 Å². The fourth-order valence-electron chi connectivity index (χ4n) is 10.8. The largest absolute Gasteiger partial charge is 0.504 e. The first-order valence-corrected chi connectivity index (χ1v) is 20.5. The van der Waals surface area contributed by atoms with Crippen molar-refractivity contribution in [3.05, 3.63) is 68.9 Å². The molecule has 1 aromatic heterocycles. The van der Waals surface area contributed by atoms with Crippen LogP contribution in [0.3, 0.4) is 0 Å². The predicted octanol–water partition coefficient (Wildman–Crippen LogP) is 3.20. The molecule has 0 amide bonds. The molecule has 0 saturated carbocycles. The van der Waals surface area contributed by atoms with E-state index in [1.165, 1.54) is 14.0 Å². The van der Waals surface area contributed by atoms with Crippen LogP contribution in [0.4, 0.5) is 0 Å². The number of phenols is 1. The molecule has 4 N–H and O–H groups in total. The molecule has 7 aliphatic rings. The Labute approximate surface area is 330 Å². The number of esters is 2. The monoisotopic (exact) mass is 800 g/mol. The lowest BCUT2D eigenvalue weighted by atomic mass is 9.73. The minimum atomic E-state index is -2.01. The third-order valence-corrected chi connectivity index (χ3v) is 14.9. The molecule has 2 saturated heterocycles. The lowest BCUT2D eigenvalue weighted by Gasteiger charge is -2.62. The minimum absolute atomic E-state index is 0.0322. The second kappa shape index (κ2) is 12.8. The third kappa shape index (κ3) is 4.87. The van der Waals surface area contributed by atoms with E-state index in [4.69, 9.17) is 28.4 Å². The number of aliphatic hydroxyl groups excluding tert-OH is 1. The summed E-state index contributed by atoms with van der Waals surface area (Å²) >= 11 is 0. The lowest BCUT2D eigenvalue weighted by Crippen LogP contribution is -2.71. The molecule has 0 radical (unpaired) electrons. The Bertz CT molecular complexity index is 2450. The Morgan fingerprint density at radius 3 is 2.60 bits per heavy atom. The zero-order chi connectivity index (χ0) is 39.8. The van der Waals surface area contributed by atoms with Gasteiger partial charge in [0.15, 0.2) is 28.5 Å². The highest BCUT2D eigenvalue weighted by atomic mass is 32.2. The molecule has 16 heteroatoms. The second-order valence-electron chi connectivity index (χ2n) is 15.9. The molecule has 7 aliphatic heterocycles. The molecule has 1 spiro atoms. The van der Waals surface area contributed by atoms with Gasteiger partial charge in [0.1, 0.15) is 24.3 Å². The number of likely N-dealkylation sites (N-methyl/N-ethyl adjacent to an activating group) is 1. The molecule has 2 fully saturated rings. The summed E-state index contributed by atoms with van der Waals surface area (Å²) in [6.07, 6.45) is -0.172. The Balaban J connectivity index is 1.26. The van der Waals surface area contributed by atoms with Crippen LogP contribution < -0.4 is 29.0 Å². The fourth-order valence-corrected chi connectivity index (χ4v) is 12.8. The fraction of sp³-hybridized carbons (Fsp3) is 0.463. The van der Waals surface area contributed by atoms with Crippen LogP contribution in [-0.2, 0) is 43.5 Å². The number of methoxy groups -OCH3 is 2. The summed E-state index contributed by atoms with van der Waals surface area (Å²) in [6.45, 7) is 4.97. The number of aromatic nitrogens is 1. The van der Waals surface area contributed by atoms with Crippen molar-refractivity contribution in [3.8, 4) is 34.5 Å². The van der Waals surface area contributed by atoms with Gasteiger partial charge in [0.05, 0.1) is 55.1 Å².